The van der Waals surface area contributed by atoms with Crippen LogP contribution in [0.15, 0.2) is 146 Å². The van der Waals surface area contributed by atoms with Crippen LogP contribution >= 0.6 is 0 Å². The molecular weight excluding hydrogens is 436 g/mol. The molecule has 0 aliphatic heterocycles. The Hall–Kier alpha value is -4.28. The van der Waals surface area contributed by atoms with Crippen molar-refractivity contribution in [2.45, 2.75) is 0 Å². The zero-order valence-corrected chi connectivity index (χ0v) is 19.9. The number of hydrogen-bond acceptors (Lipinski definition) is 3. The lowest BCUT2D eigenvalue weighted by Gasteiger charge is -2.17. The Morgan fingerprint density at radius 2 is 0.559 bits per heavy atom. The lowest BCUT2D eigenvalue weighted by atomic mass is 10.3. The maximum absolute atomic E-state index is 9.50. The van der Waals surface area contributed by atoms with Gasteiger partial charge in [-0.05, 0) is 36.4 Å². The molecule has 0 aromatic heterocycles. The number of hydrogen-bond donors (Lipinski definition) is 3. The Balaban J connectivity index is 0.000000188. The van der Waals surface area contributed by atoms with Gasteiger partial charge in [-0.3, -0.25) is 0 Å². The molecule has 3 N–H and O–H groups in total. The molecular formula is C30H28O3Si. The lowest BCUT2D eigenvalue weighted by Crippen LogP contribution is -2.51. The van der Waals surface area contributed by atoms with E-state index in [0.717, 1.165) is 0 Å². The molecule has 4 heteroatoms. The van der Waals surface area contributed by atoms with Crippen LogP contribution in [-0.4, -0.2) is 24.1 Å². The molecule has 0 saturated carbocycles. The van der Waals surface area contributed by atoms with E-state index >= 15 is 0 Å². The maximum Gasteiger partial charge on any atom is 0.132 e. The van der Waals surface area contributed by atoms with E-state index in [1.54, 1.807) is 60.7 Å². The molecule has 3 nitrogen and oxygen atoms in total. The highest BCUT2D eigenvalue weighted by Gasteiger charge is 2.18. The molecule has 5 aromatic carbocycles. The van der Waals surface area contributed by atoms with Crippen LogP contribution in [0.25, 0.3) is 0 Å². The van der Waals surface area contributed by atoms with Crippen molar-refractivity contribution in [2.75, 3.05) is 0 Å². The van der Waals surface area contributed by atoms with Gasteiger partial charge in [0.1, 0.15) is 26.0 Å². The van der Waals surface area contributed by atoms with Crippen molar-refractivity contribution in [2.24, 2.45) is 0 Å². The first kappa shape index (κ1) is 24.4. The number of rotatable bonds is 3. The van der Waals surface area contributed by atoms with Gasteiger partial charge in [0, 0.05) is 0 Å². The summed E-state index contributed by atoms with van der Waals surface area (Å²) in [6.07, 6.45) is 0. The van der Waals surface area contributed by atoms with Gasteiger partial charge in [-0.2, -0.15) is 0 Å². The Morgan fingerprint density at radius 3 is 0.853 bits per heavy atom. The van der Waals surface area contributed by atoms with E-state index in [9.17, 15) is 5.11 Å². The summed E-state index contributed by atoms with van der Waals surface area (Å²) in [7, 11) is -1.44. The number of benzene rings is 5. The highest BCUT2D eigenvalue weighted by molar-refractivity contribution is 6.95. The van der Waals surface area contributed by atoms with E-state index in [1.807, 2.05) is 24.3 Å². The van der Waals surface area contributed by atoms with E-state index in [1.165, 1.54) is 15.6 Å². The highest BCUT2D eigenvalue weighted by Crippen LogP contribution is 2.05. The fourth-order valence-corrected chi connectivity index (χ4v) is 6.34. The van der Waals surface area contributed by atoms with Crippen LogP contribution in [0.1, 0.15) is 0 Å². The summed E-state index contributed by atoms with van der Waals surface area (Å²) in [5.41, 5.74) is 0. The maximum atomic E-state index is 9.50. The molecule has 0 heterocycles. The van der Waals surface area contributed by atoms with Crippen molar-refractivity contribution in [1.29, 1.82) is 0 Å². The smallest absolute Gasteiger partial charge is 0.132 e. The minimum absolute atomic E-state index is 0.322. The van der Waals surface area contributed by atoms with Crippen LogP contribution in [0.5, 0.6) is 17.2 Å². The third-order valence-electron chi connectivity index (χ3n) is 5.00. The van der Waals surface area contributed by atoms with Crippen molar-refractivity contribution < 1.29 is 15.3 Å². The number of phenolic OH excluding ortho intramolecular Hbond substituents is 3. The van der Waals surface area contributed by atoms with E-state index < -0.39 is 8.80 Å². The molecule has 0 fully saturated rings. The van der Waals surface area contributed by atoms with Crippen molar-refractivity contribution in [3.63, 3.8) is 0 Å². The largest absolute Gasteiger partial charge is 0.508 e. The van der Waals surface area contributed by atoms with E-state index in [2.05, 4.69) is 60.7 Å². The quantitative estimate of drug-likeness (QED) is 0.274. The standard InChI is InChI=1S/C18H16OSi.2C6H6O/c19-15-11-13-18(14-12-15)20(16-7-3-1-4-8-16)17-9-5-2-6-10-17;2*7-6-4-2-1-3-5-6/h1-14,19-20H;2*1-5,7H. The highest BCUT2D eigenvalue weighted by atomic mass is 28.3. The first-order chi connectivity index (χ1) is 16.6. The molecule has 0 unspecified atom stereocenters. The normalized spacial score (nSPS) is 9.79. The van der Waals surface area contributed by atoms with Gasteiger partial charge in [-0.25, -0.2) is 0 Å². The zero-order valence-electron chi connectivity index (χ0n) is 18.8. The van der Waals surface area contributed by atoms with Crippen LogP contribution in [0.4, 0.5) is 0 Å². The first-order valence-corrected chi connectivity index (χ1v) is 12.7. The Kier molecular flexibility index (Phi) is 9.53. The number of para-hydroxylation sites is 2. The Bertz CT molecular complexity index is 1120. The van der Waals surface area contributed by atoms with E-state index in [-0.39, 0.29) is 0 Å². The monoisotopic (exact) mass is 464 g/mol. The molecule has 5 aromatic rings. The van der Waals surface area contributed by atoms with Gasteiger partial charge in [-0.1, -0.05) is 125 Å². The molecule has 34 heavy (non-hydrogen) atoms. The summed E-state index contributed by atoms with van der Waals surface area (Å²) in [4.78, 5) is 0. The van der Waals surface area contributed by atoms with Gasteiger partial charge in [-0.15, -0.1) is 0 Å². The predicted octanol–water partition coefficient (Wildman–Crippen LogP) is 4.43. The summed E-state index contributed by atoms with van der Waals surface area (Å²) < 4.78 is 0. The molecule has 0 atom stereocenters. The fourth-order valence-electron chi connectivity index (χ4n) is 3.39. The summed E-state index contributed by atoms with van der Waals surface area (Å²) in [6, 6.07) is 46.4. The SMILES string of the molecule is Oc1ccc([SiH](c2ccccc2)c2ccccc2)cc1.Oc1ccccc1.Oc1ccccc1. The van der Waals surface area contributed by atoms with Crippen molar-refractivity contribution in [3.8, 4) is 17.2 Å². The van der Waals surface area contributed by atoms with Gasteiger partial charge < -0.3 is 15.3 Å². The zero-order chi connectivity index (χ0) is 24.0. The lowest BCUT2D eigenvalue weighted by molar-refractivity contribution is 0.475. The minimum Gasteiger partial charge on any atom is -0.508 e. The topological polar surface area (TPSA) is 60.7 Å². The van der Waals surface area contributed by atoms with Crippen molar-refractivity contribution in [3.05, 3.63) is 146 Å². The average Bonchev–Trinajstić information content (AvgIpc) is 2.88. The van der Waals surface area contributed by atoms with Gasteiger partial charge in [0.05, 0.1) is 0 Å². The summed E-state index contributed by atoms with van der Waals surface area (Å²) in [6.45, 7) is 0. The van der Waals surface area contributed by atoms with Crippen LogP contribution in [-0.2, 0) is 0 Å². The van der Waals surface area contributed by atoms with Gasteiger partial charge in [0.2, 0.25) is 0 Å². The van der Waals surface area contributed by atoms with E-state index in [0.29, 0.717) is 17.2 Å². The van der Waals surface area contributed by atoms with Crippen LogP contribution in [0, 0.1) is 0 Å². The second-order valence-electron chi connectivity index (χ2n) is 7.52. The third-order valence-corrected chi connectivity index (χ3v) is 8.16. The summed E-state index contributed by atoms with van der Waals surface area (Å²) >= 11 is 0. The molecule has 0 aliphatic carbocycles. The first-order valence-electron chi connectivity index (χ1n) is 11.0. The van der Waals surface area contributed by atoms with Gasteiger partial charge in [0.25, 0.3) is 0 Å². The number of phenols is 3. The van der Waals surface area contributed by atoms with Crippen LogP contribution in [0.2, 0.25) is 0 Å². The van der Waals surface area contributed by atoms with Crippen molar-refractivity contribution >= 4 is 24.4 Å². The molecule has 0 bridgehead atoms. The Labute approximate surface area is 202 Å². The van der Waals surface area contributed by atoms with Gasteiger partial charge in [0.15, 0.2) is 0 Å². The van der Waals surface area contributed by atoms with E-state index in [4.69, 9.17) is 10.2 Å². The summed E-state index contributed by atoms with van der Waals surface area (Å²) in [5.74, 6) is 0.965. The number of aromatic hydroxyl groups is 3. The second kappa shape index (κ2) is 13.3. The minimum atomic E-state index is -1.44. The van der Waals surface area contributed by atoms with Crippen molar-refractivity contribution in [1.82, 2.24) is 0 Å². The Morgan fingerprint density at radius 1 is 0.294 bits per heavy atom. The van der Waals surface area contributed by atoms with Crippen LogP contribution < -0.4 is 15.6 Å². The van der Waals surface area contributed by atoms with Gasteiger partial charge >= 0.3 is 0 Å². The molecule has 0 saturated heterocycles. The molecule has 0 aliphatic rings. The average molecular weight is 465 g/mol. The molecule has 5 rings (SSSR count). The van der Waals surface area contributed by atoms with Crippen LogP contribution in [0.3, 0.4) is 0 Å². The predicted molar refractivity (Wildman–Crippen MR) is 143 cm³/mol. The second-order valence-corrected chi connectivity index (χ2v) is 10.4. The molecule has 0 radical (unpaired) electrons. The fraction of sp³-hybridized carbons (Fsp3) is 0. The summed E-state index contributed by atoms with van der Waals surface area (Å²) in [5, 5.41) is 30.9. The molecule has 0 amide bonds. The third kappa shape index (κ3) is 8.00. The molecule has 0 spiro atoms. The molecule has 170 valence electrons.